The molecule has 6 nitrogen and oxygen atoms in total. The summed E-state index contributed by atoms with van der Waals surface area (Å²) in [5, 5.41) is 5.22. The topological polar surface area (TPSA) is 92.3 Å². The third kappa shape index (κ3) is 4.73. The summed E-state index contributed by atoms with van der Waals surface area (Å²) < 4.78 is 24.9. The number of hydrogen-bond acceptors (Lipinski definition) is 5. The van der Waals surface area contributed by atoms with Gasteiger partial charge in [0.2, 0.25) is 11.8 Å². The van der Waals surface area contributed by atoms with Gasteiger partial charge in [-0.25, -0.2) is 8.42 Å². The minimum atomic E-state index is -3.56. The van der Waals surface area contributed by atoms with Crippen LogP contribution in [0.2, 0.25) is 0 Å². The summed E-state index contributed by atoms with van der Waals surface area (Å²) in [7, 11) is -3.56. The Hall–Kier alpha value is -1.54. The Kier molecular flexibility index (Phi) is 5.29. The number of amides is 2. The summed E-state index contributed by atoms with van der Waals surface area (Å²) in [6.07, 6.45) is -0.0863. The molecule has 1 heterocycles. The largest absolute Gasteiger partial charge is 0.351 e. The van der Waals surface area contributed by atoms with Gasteiger partial charge in [0.1, 0.15) is 0 Å². The molecule has 1 aliphatic heterocycles. The molecule has 24 heavy (non-hydrogen) atoms. The molecule has 2 N–H and O–H groups in total. The highest BCUT2D eigenvalue weighted by Crippen LogP contribution is 2.37. The summed E-state index contributed by atoms with van der Waals surface area (Å²) >= 11 is 1.33. The van der Waals surface area contributed by atoms with Gasteiger partial charge in [0.15, 0.2) is 9.84 Å². The van der Waals surface area contributed by atoms with Crippen LogP contribution in [0.4, 0.5) is 5.69 Å². The molecule has 0 saturated heterocycles. The summed E-state index contributed by atoms with van der Waals surface area (Å²) in [6, 6.07) is 4.62. The first kappa shape index (κ1) is 18.8. The van der Waals surface area contributed by atoms with E-state index in [0.717, 1.165) is 4.90 Å². The zero-order chi connectivity index (χ0) is 18.1. The molecule has 1 aromatic carbocycles. The first-order valence-corrected chi connectivity index (χ1v) is 10.2. The van der Waals surface area contributed by atoms with Crippen molar-refractivity contribution >= 4 is 39.1 Å². The average Bonchev–Trinajstić information content (AvgIpc) is 2.44. The van der Waals surface area contributed by atoms with Crippen molar-refractivity contribution in [1.82, 2.24) is 5.32 Å². The van der Waals surface area contributed by atoms with Crippen molar-refractivity contribution in [1.29, 1.82) is 0 Å². The van der Waals surface area contributed by atoms with E-state index >= 15 is 0 Å². The highest BCUT2D eigenvalue weighted by Gasteiger charge is 2.25. The maximum absolute atomic E-state index is 12.5. The molecule has 0 aromatic heterocycles. The SMILES string of the molecule is CC1Sc2cc(S(=O)(=O)CCC(=O)NC(C)(C)C)ccc2NC1=O. The van der Waals surface area contributed by atoms with Crippen molar-refractivity contribution < 1.29 is 18.0 Å². The van der Waals surface area contributed by atoms with E-state index in [0.29, 0.717) is 5.69 Å². The monoisotopic (exact) mass is 370 g/mol. The van der Waals surface area contributed by atoms with Gasteiger partial charge in [-0.3, -0.25) is 9.59 Å². The van der Waals surface area contributed by atoms with Gasteiger partial charge < -0.3 is 10.6 Å². The molecular weight excluding hydrogens is 348 g/mol. The van der Waals surface area contributed by atoms with Crippen LogP contribution in [-0.2, 0) is 19.4 Å². The van der Waals surface area contributed by atoms with Crippen LogP contribution in [0.15, 0.2) is 28.0 Å². The van der Waals surface area contributed by atoms with Crippen LogP contribution in [0.3, 0.4) is 0 Å². The summed E-state index contributed by atoms with van der Waals surface area (Å²) in [5.74, 6) is -0.637. The third-order valence-corrected chi connectivity index (χ3v) is 6.23. The fraction of sp³-hybridized carbons (Fsp3) is 0.500. The molecule has 0 bridgehead atoms. The molecule has 0 saturated carbocycles. The lowest BCUT2D eigenvalue weighted by atomic mass is 10.1. The smallest absolute Gasteiger partial charge is 0.237 e. The van der Waals surface area contributed by atoms with E-state index < -0.39 is 15.4 Å². The number of benzene rings is 1. The van der Waals surface area contributed by atoms with E-state index in [-0.39, 0.29) is 34.1 Å². The Morgan fingerprint density at radius 1 is 1.33 bits per heavy atom. The van der Waals surface area contributed by atoms with Gasteiger partial charge in [0.25, 0.3) is 0 Å². The number of nitrogens with one attached hydrogen (secondary N) is 2. The maximum atomic E-state index is 12.5. The number of sulfone groups is 1. The number of thioether (sulfide) groups is 1. The Morgan fingerprint density at radius 2 is 2.00 bits per heavy atom. The molecule has 1 atom stereocenters. The molecule has 132 valence electrons. The Labute approximate surface area is 146 Å². The number of rotatable bonds is 4. The van der Waals surface area contributed by atoms with Crippen molar-refractivity contribution in [2.24, 2.45) is 0 Å². The number of anilines is 1. The van der Waals surface area contributed by atoms with Crippen molar-refractivity contribution in [3.8, 4) is 0 Å². The highest BCUT2D eigenvalue weighted by atomic mass is 32.2. The van der Waals surface area contributed by atoms with E-state index in [1.54, 1.807) is 19.1 Å². The zero-order valence-corrected chi connectivity index (χ0v) is 15.8. The van der Waals surface area contributed by atoms with Gasteiger partial charge in [-0.15, -0.1) is 11.8 Å². The Bertz CT molecular complexity index is 767. The van der Waals surface area contributed by atoms with Gasteiger partial charge in [-0.05, 0) is 45.9 Å². The highest BCUT2D eigenvalue weighted by molar-refractivity contribution is 8.01. The minimum Gasteiger partial charge on any atom is -0.351 e. The van der Waals surface area contributed by atoms with Gasteiger partial charge in [-0.1, -0.05) is 0 Å². The second-order valence-corrected chi connectivity index (χ2v) is 10.3. The lowest BCUT2D eigenvalue weighted by Gasteiger charge is -2.22. The van der Waals surface area contributed by atoms with Crippen LogP contribution >= 0.6 is 11.8 Å². The summed E-state index contributed by atoms with van der Waals surface area (Å²) in [5.41, 5.74) is 0.227. The summed E-state index contributed by atoms with van der Waals surface area (Å²) in [6.45, 7) is 7.29. The second-order valence-electron chi connectivity index (χ2n) is 6.77. The van der Waals surface area contributed by atoms with Crippen LogP contribution in [0.5, 0.6) is 0 Å². The van der Waals surface area contributed by atoms with Crippen molar-refractivity contribution in [3.63, 3.8) is 0 Å². The normalized spacial score (nSPS) is 17.8. The fourth-order valence-corrected chi connectivity index (χ4v) is 4.53. The first-order chi connectivity index (χ1) is 11.0. The summed E-state index contributed by atoms with van der Waals surface area (Å²) in [4.78, 5) is 24.3. The lowest BCUT2D eigenvalue weighted by Crippen LogP contribution is -2.41. The molecule has 0 radical (unpaired) electrons. The van der Waals surface area contributed by atoms with Crippen LogP contribution in [0.1, 0.15) is 34.1 Å². The predicted octanol–water partition coefficient (Wildman–Crippen LogP) is 2.20. The molecule has 1 aromatic rings. The van der Waals surface area contributed by atoms with E-state index in [4.69, 9.17) is 0 Å². The Morgan fingerprint density at radius 3 is 2.62 bits per heavy atom. The van der Waals surface area contributed by atoms with E-state index in [2.05, 4.69) is 10.6 Å². The number of carbonyl (C=O) groups is 2. The van der Waals surface area contributed by atoms with Crippen LogP contribution in [0.25, 0.3) is 0 Å². The van der Waals surface area contributed by atoms with Gasteiger partial charge in [0, 0.05) is 16.9 Å². The average molecular weight is 370 g/mol. The molecule has 0 fully saturated rings. The number of fused-ring (bicyclic) bond motifs is 1. The van der Waals surface area contributed by atoms with Crippen LogP contribution in [-0.4, -0.2) is 36.8 Å². The molecule has 8 heteroatoms. The quantitative estimate of drug-likeness (QED) is 0.848. The van der Waals surface area contributed by atoms with Crippen molar-refractivity contribution in [2.45, 2.75) is 54.7 Å². The van der Waals surface area contributed by atoms with Crippen molar-refractivity contribution in [3.05, 3.63) is 18.2 Å². The fourth-order valence-electron chi connectivity index (χ4n) is 2.20. The maximum Gasteiger partial charge on any atom is 0.237 e. The molecule has 1 unspecified atom stereocenters. The lowest BCUT2D eigenvalue weighted by molar-refractivity contribution is -0.122. The van der Waals surface area contributed by atoms with E-state index in [9.17, 15) is 18.0 Å². The molecule has 0 spiro atoms. The van der Waals surface area contributed by atoms with Crippen molar-refractivity contribution in [2.75, 3.05) is 11.1 Å². The molecular formula is C16H22N2O4S2. The van der Waals surface area contributed by atoms with E-state index in [1.807, 2.05) is 20.8 Å². The van der Waals surface area contributed by atoms with Gasteiger partial charge in [0.05, 0.1) is 21.6 Å². The van der Waals surface area contributed by atoms with Gasteiger partial charge >= 0.3 is 0 Å². The first-order valence-electron chi connectivity index (χ1n) is 7.63. The zero-order valence-electron chi connectivity index (χ0n) is 14.2. The van der Waals surface area contributed by atoms with E-state index in [1.165, 1.54) is 17.8 Å². The standard InChI is InChI=1S/C16H22N2O4S2/c1-10-15(20)17-12-6-5-11(9-13(12)23-10)24(21,22)8-7-14(19)18-16(2,3)4/h5-6,9-10H,7-8H2,1-4H3,(H,17,20)(H,18,19). The number of carbonyl (C=O) groups excluding carboxylic acids is 2. The molecule has 2 rings (SSSR count). The molecule has 2 amide bonds. The Balaban J connectivity index is 2.12. The minimum absolute atomic E-state index is 0.0863. The van der Waals surface area contributed by atoms with Crippen LogP contribution in [0, 0.1) is 0 Å². The molecule has 0 aliphatic carbocycles. The molecule has 1 aliphatic rings. The predicted molar refractivity (Wildman–Crippen MR) is 95.0 cm³/mol. The third-order valence-electron chi connectivity index (χ3n) is 3.36. The van der Waals surface area contributed by atoms with Crippen LogP contribution < -0.4 is 10.6 Å². The van der Waals surface area contributed by atoms with Gasteiger partial charge in [-0.2, -0.15) is 0 Å². The second kappa shape index (κ2) is 6.76. The number of hydrogen-bond donors (Lipinski definition) is 2.